The van der Waals surface area contributed by atoms with Crippen LogP contribution in [0.25, 0.3) is 10.6 Å². The maximum absolute atomic E-state index is 4.71. The van der Waals surface area contributed by atoms with Crippen LogP contribution >= 0.6 is 34.4 Å². The van der Waals surface area contributed by atoms with Crippen LogP contribution in [0.3, 0.4) is 0 Å². The second-order valence-corrected chi connectivity index (χ2v) is 7.76. The van der Waals surface area contributed by atoms with Gasteiger partial charge in [-0.05, 0) is 13.8 Å². The number of aromatic nitrogens is 3. The number of aryl methyl sites for hydroxylation is 1. The molecule has 0 aliphatic rings. The summed E-state index contributed by atoms with van der Waals surface area (Å²) in [7, 11) is 0. The van der Waals surface area contributed by atoms with Gasteiger partial charge in [-0.1, -0.05) is 52.9 Å². The maximum atomic E-state index is 4.71. The minimum Gasteiger partial charge on any atom is -0.360 e. The van der Waals surface area contributed by atoms with Crippen molar-refractivity contribution in [3.8, 4) is 10.6 Å². The quantitative estimate of drug-likeness (QED) is 0.655. The molecule has 0 spiro atoms. The van der Waals surface area contributed by atoms with Crippen molar-refractivity contribution in [3.63, 3.8) is 0 Å². The highest BCUT2D eigenvalue weighted by atomic mass is 32.2. The molecule has 0 radical (unpaired) electrons. The summed E-state index contributed by atoms with van der Waals surface area (Å²) in [6.07, 6.45) is 0. The van der Waals surface area contributed by atoms with Gasteiger partial charge in [0.05, 0.1) is 5.69 Å². The lowest BCUT2D eigenvalue weighted by Gasteiger charge is -1.97. The van der Waals surface area contributed by atoms with Crippen LogP contribution in [0, 0.1) is 6.92 Å². The third-order valence-corrected chi connectivity index (χ3v) is 5.92. The first-order valence-electron chi connectivity index (χ1n) is 6.96. The van der Waals surface area contributed by atoms with Crippen LogP contribution in [0.15, 0.2) is 34.0 Å². The third-order valence-electron chi connectivity index (χ3n) is 2.93. The first kappa shape index (κ1) is 15.5. The Morgan fingerprint density at radius 3 is 2.77 bits per heavy atom. The molecule has 0 unspecified atom stereocenters. The lowest BCUT2D eigenvalue weighted by Crippen LogP contribution is -1.94. The molecule has 1 N–H and O–H groups in total. The van der Waals surface area contributed by atoms with Crippen molar-refractivity contribution in [3.05, 3.63) is 40.9 Å². The van der Waals surface area contributed by atoms with Crippen LogP contribution < -0.4 is 5.32 Å². The fraction of sp³-hybridized carbons (Fsp3) is 0.267. The Bertz CT molecular complexity index is 733. The van der Waals surface area contributed by atoms with Gasteiger partial charge in [0.15, 0.2) is 4.34 Å². The molecule has 114 valence electrons. The van der Waals surface area contributed by atoms with E-state index >= 15 is 0 Å². The van der Waals surface area contributed by atoms with Crippen LogP contribution in [0.4, 0.5) is 5.13 Å². The molecule has 3 rings (SSSR count). The van der Waals surface area contributed by atoms with Gasteiger partial charge in [0, 0.05) is 23.2 Å². The highest BCUT2D eigenvalue weighted by Crippen LogP contribution is 2.30. The zero-order chi connectivity index (χ0) is 15.4. The largest absolute Gasteiger partial charge is 0.360 e. The van der Waals surface area contributed by atoms with E-state index in [0.29, 0.717) is 0 Å². The number of rotatable bonds is 6. The molecule has 0 saturated heterocycles. The Kier molecular flexibility index (Phi) is 5.07. The highest BCUT2D eigenvalue weighted by molar-refractivity contribution is 8.00. The summed E-state index contributed by atoms with van der Waals surface area (Å²) in [5.41, 5.74) is 3.53. The van der Waals surface area contributed by atoms with E-state index in [4.69, 9.17) is 4.98 Å². The van der Waals surface area contributed by atoms with Crippen LogP contribution in [0.1, 0.15) is 18.2 Å². The number of benzene rings is 1. The molecule has 0 amide bonds. The molecule has 0 aliphatic heterocycles. The van der Waals surface area contributed by atoms with Crippen molar-refractivity contribution >= 4 is 39.6 Å². The summed E-state index contributed by atoms with van der Waals surface area (Å²) < 4.78 is 0.973. The standard InChI is InChI=1S/C15H16N4S3/c1-3-16-14-18-19-15(22-14)21-9-12-8-20-13(17-12)11-6-4-10(2)5-7-11/h4-8H,3,9H2,1-2H3,(H,16,18). The van der Waals surface area contributed by atoms with Gasteiger partial charge in [0.25, 0.3) is 0 Å². The van der Waals surface area contributed by atoms with Crippen molar-refractivity contribution in [2.75, 3.05) is 11.9 Å². The fourth-order valence-electron chi connectivity index (χ4n) is 1.83. The van der Waals surface area contributed by atoms with Crippen molar-refractivity contribution in [1.82, 2.24) is 15.2 Å². The molecule has 0 saturated carbocycles. The monoisotopic (exact) mass is 348 g/mol. The maximum Gasteiger partial charge on any atom is 0.206 e. The van der Waals surface area contributed by atoms with Crippen molar-refractivity contribution in [2.24, 2.45) is 0 Å². The zero-order valence-electron chi connectivity index (χ0n) is 12.4. The fourth-order valence-corrected chi connectivity index (χ4v) is 4.47. The lowest BCUT2D eigenvalue weighted by molar-refractivity contribution is 1.00. The van der Waals surface area contributed by atoms with E-state index in [2.05, 4.69) is 59.0 Å². The van der Waals surface area contributed by atoms with Gasteiger partial charge >= 0.3 is 0 Å². The van der Waals surface area contributed by atoms with Crippen molar-refractivity contribution in [1.29, 1.82) is 0 Å². The van der Waals surface area contributed by atoms with E-state index in [1.807, 2.05) is 0 Å². The van der Waals surface area contributed by atoms with E-state index in [0.717, 1.165) is 32.5 Å². The SMILES string of the molecule is CCNc1nnc(SCc2csc(-c3ccc(C)cc3)n2)s1. The Morgan fingerprint density at radius 1 is 1.18 bits per heavy atom. The lowest BCUT2D eigenvalue weighted by atomic mass is 10.2. The average molecular weight is 349 g/mol. The molecule has 4 nitrogen and oxygen atoms in total. The number of nitrogens with one attached hydrogen (secondary N) is 1. The average Bonchev–Trinajstić information content (AvgIpc) is 3.16. The predicted octanol–water partition coefficient (Wildman–Crippen LogP) is 4.69. The summed E-state index contributed by atoms with van der Waals surface area (Å²) in [6, 6.07) is 8.49. The van der Waals surface area contributed by atoms with Crippen LogP contribution in [0.5, 0.6) is 0 Å². The molecule has 0 bridgehead atoms. The molecule has 7 heteroatoms. The molecule has 0 aliphatic carbocycles. The van der Waals surface area contributed by atoms with Gasteiger partial charge in [-0.2, -0.15) is 0 Å². The van der Waals surface area contributed by atoms with Crippen LogP contribution in [-0.2, 0) is 5.75 Å². The Labute approximate surface area is 142 Å². The van der Waals surface area contributed by atoms with Gasteiger partial charge in [-0.25, -0.2) is 4.98 Å². The summed E-state index contributed by atoms with van der Waals surface area (Å²) in [5.74, 6) is 0.823. The van der Waals surface area contributed by atoms with E-state index in [9.17, 15) is 0 Å². The first-order chi connectivity index (χ1) is 10.7. The topological polar surface area (TPSA) is 50.7 Å². The molecule has 2 aromatic heterocycles. The van der Waals surface area contributed by atoms with Crippen LogP contribution in [-0.4, -0.2) is 21.7 Å². The third kappa shape index (κ3) is 3.85. The minimum absolute atomic E-state index is 0.823. The summed E-state index contributed by atoms with van der Waals surface area (Å²) in [6.45, 7) is 5.01. The van der Waals surface area contributed by atoms with Crippen molar-refractivity contribution < 1.29 is 0 Å². The number of hydrogen-bond acceptors (Lipinski definition) is 7. The second kappa shape index (κ2) is 7.21. The Morgan fingerprint density at radius 2 is 2.00 bits per heavy atom. The Hall–Kier alpha value is -1.44. The van der Waals surface area contributed by atoms with Gasteiger partial charge in [-0.15, -0.1) is 21.5 Å². The van der Waals surface area contributed by atoms with Gasteiger partial charge in [0.2, 0.25) is 5.13 Å². The van der Waals surface area contributed by atoms with Gasteiger partial charge in [-0.3, -0.25) is 0 Å². The summed E-state index contributed by atoms with van der Waals surface area (Å²) in [5, 5.41) is 15.5. The van der Waals surface area contributed by atoms with E-state index < -0.39 is 0 Å². The second-order valence-electron chi connectivity index (χ2n) is 4.70. The number of thiazole rings is 1. The van der Waals surface area contributed by atoms with E-state index in [1.54, 1.807) is 34.4 Å². The molecular weight excluding hydrogens is 332 g/mol. The molecule has 3 aromatic rings. The van der Waals surface area contributed by atoms with E-state index in [-0.39, 0.29) is 0 Å². The number of nitrogens with zero attached hydrogens (tertiary/aromatic N) is 3. The number of anilines is 1. The molecule has 1 aromatic carbocycles. The first-order valence-corrected chi connectivity index (χ1v) is 9.64. The smallest absolute Gasteiger partial charge is 0.206 e. The molecule has 0 fully saturated rings. The van der Waals surface area contributed by atoms with Gasteiger partial charge < -0.3 is 5.32 Å². The molecule has 2 heterocycles. The van der Waals surface area contributed by atoms with E-state index in [1.165, 1.54) is 11.1 Å². The Balaban J connectivity index is 1.62. The van der Waals surface area contributed by atoms with Gasteiger partial charge in [0.1, 0.15) is 5.01 Å². The summed E-state index contributed by atoms with van der Waals surface area (Å²) in [4.78, 5) is 4.71. The molecule has 22 heavy (non-hydrogen) atoms. The minimum atomic E-state index is 0.823. The normalized spacial score (nSPS) is 10.8. The van der Waals surface area contributed by atoms with Crippen molar-refractivity contribution in [2.45, 2.75) is 23.9 Å². The molecular formula is C15H16N4S3. The number of thioether (sulfide) groups is 1. The summed E-state index contributed by atoms with van der Waals surface area (Å²) >= 11 is 4.95. The molecule has 0 atom stereocenters. The zero-order valence-corrected chi connectivity index (χ0v) is 14.8. The highest BCUT2D eigenvalue weighted by Gasteiger charge is 2.08. The predicted molar refractivity (Wildman–Crippen MR) is 95.9 cm³/mol. The number of hydrogen-bond donors (Lipinski definition) is 1. The van der Waals surface area contributed by atoms with Crippen LogP contribution in [0.2, 0.25) is 0 Å².